The Morgan fingerprint density at radius 3 is 2.89 bits per heavy atom. The smallest absolute Gasteiger partial charge is 0.365 e. The highest BCUT2D eigenvalue weighted by molar-refractivity contribution is 5.89. The fraction of sp³-hybridized carbons (Fsp3) is 0.167. The molecule has 3 rings (SSSR count). The molecule has 19 heavy (non-hydrogen) atoms. The summed E-state index contributed by atoms with van der Waals surface area (Å²) in [4.78, 5) is 16.0. The van der Waals surface area contributed by atoms with E-state index in [1.807, 2.05) is 17.7 Å². The number of hydrogen-bond acceptors (Lipinski definition) is 5. The van der Waals surface area contributed by atoms with Crippen molar-refractivity contribution in [2.24, 2.45) is 14.1 Å². The van der Waals surface area contributed by atoms with E-state index in [1.54, 1.807) is 25.5 Å². The van der Waals surface area contributed by atoms with Gasteiger partial charge in [-0.15, -0.1) is 5.10 Å². The summed E-state index contributed by atoms with van der Waals surface area (Å²) in [6, 6.07) is 5.28. The van der Waals surface area contributed by atoms with Crippen LogP contribution < -0.4 is 4.74 Å². The van der Waals surface area contributed by atoms with Crippen LogP contribution in [0.1, 0.15) is 10.5 Å². The first kappa shape index (κ1) is 11.4. The molecule has 0 N–H and O–H groups in total. The van der Waals surface area contributed by atoms with Crippen molar-refractivity contribution < 1.29 is 9.53 Å². The van der Waals surface area contributed by atoms with Crippen LogP contribution in [-0.2, 0) is 14.1 Å². The SMILES string of the molecule is Cn1cc(C(=O)Oc2ccc3c(c2)ncn3C)nn1. The number of imidazole rings is 1. The molecule has 1 aromatic carbocycles. The monoisotopic (exact) mass is 257 g/mol. The third kappa shape index (κ3) is 2.05. The Kier molecular flexibility index (Phi) is 2.52. The zero-order chi connectivity index (χ0) is 13.4. The molecule has 0 spiro atoms. The maximum absolute atomic E-state index is 11.8. The first-order valence-corrected chi connectivity index (χ1v) is 5.63. The van der Waals surface area contributed by atoms with Crippen LogP contribution >= 0.6 is 0 Å². The Balaban J connectivity index is 1.87. The van der Waals surface area contributed by atoms with E-state index in [1.165, 1.54) is 10.9 Å². The predicted octanol–water partition coefficient (Wildman–Crippen LogP) is 0.921. The number of carbonyl (C=O) groups excluding carboxylic acids is 1. The average Bonchev–Trinajstić information content (AvgIpc) is 2.97. The maximum Gasteiger partial charge on any atom is 0.365 e. The molecule has 3 aromatic rings. The lowest BCUT2D eigenvalue weighted by atomic mass is 10.3. The number of benzene rings is 1. The van der Waals surface area contributed by atoms with E-state index >= 15 is 0 Å². The molecule has 0 amide bonds. The lowest BCUT2D eigenvalue weighted by molar-refractivity contribution is 0.0728. The number of esters is 1. The number of carbonyl (C=O) groups is 1. The van der Waals surface area contributed by atoms with E-state index in [0.717, 1.165) is 11.0 Å². The quantitative estimate of drug-likeness (QED) is 0.504. The molecule has 0 unspecified atom stereocenters. The number of aromatic nitrogens is 5. The van der Waals surface area contributed by atoms with Gasteiger partial charge in [0.25, 0.3) is 0 Å². The van der Waals surface area contributed by atoms with Crippen molar-refractivity contribution >= 4 is 17.0 Å². The van der Waals surface area contributed by atoms with Crippen molar-refractivity contribution in [2.75, 3.05) is 0 Å². The minimum atomic E-state index is -0.539. The molecule has 2 heterocycles. The number of fused-ring (bicyclic) bond motifs is 1. The molecule has 0 saturated carbocycles. The van der Waals surface area contributed by atoms with Gasteiger partial charge in [0.05, 0.1) is 23.6 Å². The number of aryl methyl sites for hydroxylation is 2. The molecule has 0 aliphatic carbocycles. The van der Waals surface area contributed by atoms with Crippen LogP contribution in [0.2, 0.25) is 0 Å². The summed E-state index contributed by atoms with van der Waals surface area (Å²) in [5.41, 5.74) is 1.91. The summed E-state index contributed by atoms with van der Waals surface area (Å²) < 4.78 is 8.56. The molecule has 0 bridgehead atoms. The van der Waals surface area contributed by atoms with Gasteiger partial charge in [-0.2, -0.15) is 0 Å². The molecule has 0 saturated heterocycles. The van der Waals surface area contributed by atoms with Crippen molar-refractivity contribution in [3.05, 3.63) is 36.4 Å². The molecule has 96 valence electrons. The molecule has 0 radical (unpaired) electrons. The molecular weight excluding hydrogens is 246 g/mol. The third-order valence-electron chi connectivity index (χ3n) is 2.72. The summed E-state index contributed by atoms with van der Waals surface area (Å²) in [7, 11) is 3.59. The van der Waals surface area contributed by atoms with Gasteiger partial charge in [0, 0.05) is 20.2 Å². The van der Waals surface area contributed by atoms with Gasteiger partial charge in [-0.3, -0.25) is 4.68 Å². The molecule has 0 atom stereocenters. The topological polar surface area (TPSA) is 74.8 Å². The van der Waals surface area contributed by atoms with Gasteiger partial charge in [-0.1, -0.05) is 5.21 Å². The van der Waals surface area contributed by atoms with Gasteiger partial charge in [0.1, 0.15) is 5.75 Å². The highest BCUT2D eigenvalue weighted by atomic mass is 16.5. The van der Waals surface area contributed by atoms with E-state index in [0.29, 0.717) is 5.75 Å². The first-order chi connectivity index (χ1) is 9.13. The third-order valence-corrected chi connectivity index (χ3v) is 2.72. The molecule has 0 aliphatic heterocycles. The van der Waals surface area contributed by atoms with Crippen molar-refractivity contribution in [3.63, 3.8) is 0 Å². The van der Waals surface area contributed by atoms with Gasteiger partial charge in [-0.05, 0) is 12.1 Å². The number of nitrogens with zero attached hydrogens (tertiary/aromatic N) is 5. The van der Waals surface area contributed by atoms with E-state index in [2.05, 4.69) is 15.3 Å². The second-order valence-corrected chi connectivity index (χ2v) is 4.17. The number of rotatable bonds is 2. The second-order valence-electron chi connectivity index (χ2n) is 4.17. The lowest BCUT2D eigenvalue weighted by Gasteiger charge is -2.02. The van der Waals surface area contributed by atoms with Crippen LogP contribution in [0.15, 0.2) is 30.7 Å². The number of ether oxygens (including phenoxy) is 1. The zero-order valence-electron chi connectivity index (χ0n) is 10.4. The van der Waals surface area contributed by atoms with Crippen LogP contribution in [0.4, 0.5) is 0 Å². The Bertz CT molecular complexity index is 758. The summed E-state index contributed by atoms with van der Waals surface area (Å²) in [5, 5.41) is 7.38. The van der Waals surface area contributed by atoms with Crippen molar-refractivity contribution in [3.8, 4) is 5.75 Å². The van der Waals surface area contributed by atoms with Gasteiger partial charge in [0.15, 0.2) is 5.69 Å². The minimum absolute atomic E-state index is 0.170. The van der Waals surface area contributed by atoms with Gasteiger partial charge in [-0.25, -0.2) is 9.78 Å². The molecule has 7 heteroatoms. The summed E-state index contributed by atoms with van der Waals surface area (Å²) in [6.45, 7) is 0. The fourth-order valence-corrected chi connectivity index (χ4v) is 1.78. The summed E-state index contributed by atoms with van der Waals surface area (Å²) in [5.74, 6) is -0.106. The van der Waals surface area contributed by atoms with Gasteiger partial charge < -0.3 is 9.30 Å². The summed E-state index contributed by atoms with van der Waals surface area (Å²) in [6.07, 6.45) is 3.21. The number of hydrogen-bond donors (Lipinski definition) is 0. The van der Waals surface area contributed by atoms with Crippen molar-refractivity contribution in [1.29, 1.82) is 0 Å². The molecule has 0 aliphatic rings. The van der Waals surface area contributed by atoms with Crippen molar-refractivity contribution in [1.82, 2.24) is 24.5 Å². The maximum atomic E-state index is 11.8. The van der Waals surface area contributed by atoms with E-state index in [9.17, 15) is 4.79 Å². The van der Waals surface area contributed by atoms with E-state index < -0.39 is 5.97 Å². The highest BCUT2D eigenvalue weighted by Crippen LogP contribution is 2.19. The van der Waals surface area contributed by atoms with Crippen molar-refractivity contribution in [2.45, 2.75) is 0 Å². The fourth-order valence-electron chi connectivity index (χ4n) is 1.78. The van der Waals surface area contributed by atoms with Gasteiger partial charge >= 0.3 is 5.97 Å². The summed E-state index contributed by atoms with van der Waals surface area (Å²) >= 11 is 0. The lowest BCUT2D eigenvalue weighted by Crippen LogP contribution is -2.09. The van der Waals surface area contributed by atoms with Crippen LogP contribution in [0, 0.1) is 0 Å². The van der Waals surface area contributed by atoms with Gasteiger partial charge in [0.2, 0.25) is 0 Å². The molecule has 7 nitrogen and oxygen atoms in total. The van der Waals surface area contributed by atoms with Crippen LogP contribution in [0.25, 0.3) is 11.0 Å². The zero-order valence-corrected chi connectivity index (χ0v) is 10.4. The molecule has 2 aromatic heterocycles. The largest absolute Gasteiger partial charge is 0.422 e. The Morgan fingerprint density at radius 1 is 1.32 bits per heavy atom. The highest BCUT2D eigenvalue weighted by Gasteiger charge is 2.13. The minimum Gasteiger partial charge on any atom is -0.422 e. The Morgan fingerprint density at radius 2 is 2.16 bits per heavy atom. The molecule has 0 fully saturated rings. The van der Waals surface area contributed by atoms with Crippen LogP contribution in [-0.4, -0.2) is 30.5 Å². The van der Waals surface area contributed by atoms with E-state index in [4.69, 9.17) is 4.74 Å². The Hall–Kier alpha value is -2.70. The predicted molar refractivity (Wildman–Crippen MR) is 66.7 cm³/mol. The van der Waals surface area contributed by atoms with Crippen LogP contribution in [0.3, 0.4) is 0 Å². The molecular formula is C12H11N5O2. The second kappa shape index (κ2) is 4.20. The standard InChI is InChI=1S/C12H11N5O2/c1-16-7-13-9-5-8(3-4-11(9)16)19-12(18)10-6-17(2)15-14-10/h3-7H,1-2H3. The Labute approximate surface area is 108 Å². The van der Waals surface area contributed by atoms with Crippen LogP contribution in [0.5, 0.6) is 5.75 Å². The average molecular weight is 257 g/mol. The normalized spacial score (nSPS) is 10.8. The van der Waals surface area contributed by atoms with E-state index in [-0.39, 0.29) is 5.69 Å². The first-order valence-electron chi connectivity index (χ1n) is 5.63.